The minimum absolute atomic E-state index is 0.797. The molecule has 3 heteroatoms. The Morgan fingerprint density at radius 2 is 2.60 bits per heavy atom. The molecule has 0 spiro atoms. The predicted octanol–water partition coefficient (Wildman–Crippen LogP) is 2.22. The average molecular weight is 201 g/mol. The van der Waals surface area contributed by atoms with E-state index in [1.54, 1.807) is 6.20 Å². The Morgan fingerprint density at radius 3 is 3.00 bits per heavy atom. The molecule has 10 heavy (non-hydrogen) atoms. The van der Waals surface area contributed by atoms with Crippen LogP contribution in [0, 0.1) is 0 Å². The third kappa shape index (κ3) is 1.99. The summed E-state index contributed by atoms with van der Waals surface area (Å²) >= 11 is 3.31. The van der Waals surface area contributed by atoms with Crippen molar-refractivity contribution in [2.24, 2.45) is 0 Å². The molecule has 2 nitrogen and oxygen atoms in total. The highest BCUT2D eigenvalue weighted by atomic mass is 79.9. The maximum Gasteiger partial charge on any atom is 0.0632 e. The van der Waals surface area contributed by atoms with Gasteiger partial charge in [-0.25, -0.2) is 0 Å². The van der Waals surface area contributed by atoms with Gasteiger partial charge in [-0.05, 0) is 22.9 Å². The van der Waals surface area contributed by atoms with Crippen LogP contribution >= 0.6 is 15.9 Å². The zero-order valence-electron chi connectivity index (χ0n) is 5.84. The van der Waals surface area contributed by atoms with Gasteiger partial charge in [0, 0.05) is 6.20 Å². The van der Waals surface area contributed by atoms with Crippen molar-refractivity contribution in [1.82, 2.24) is 9.78 Å². The predicted molar refractivity (Wildman–Crippen MR) is 44.7 cm³/mol. The second kappa shape index (κ2) is 3.01. The lowest BCUT2D eigenvalue weighted by atomic mass is 10.4. The molecular formula is C7H9BrN2. The topological polar surface area (TPSA) is 17.8 Å². The Hall–Kier alpha value is -0.570. The van der Waals surface area contributed by atoms with E-state index in [1.165, 1.54) is 0 Å². The fourth-order valence-corrected chi connectivity index (χ4v) is 1.03. The molecule has 0 saturated heterocycles. The van der Waals surface area contributed by atoms with E-state index in [0.717, 1.165) is 16.6 Å². The SMILES string of the molecule is C=C(C)Cn1cc(Br)cn1. The van der Waals surface area contributed by atoms with Gasteiger partial charge in [0.1, 0.15) is 0 Å². The largest absolute Gasteiger partial charge is 0.268 e. The number of hydrogen-bond acceptors (Lipinski definition) is 1. The normalized spacial score (nSPS) is 9.80. The smallest absolute Gasteiger partial charge is 0.0632 e. The molecule has 0 radical (unpaired) electrons. The summed E-state index contributed by atoms with van der Waals surface area (Å²) in [5.74, 6) is 0. The first-order valence-corrected chi connectivity index (χ1v) is 3.80. The van der Waals surface area contributed by atoms with Crippen LogP contribution in [0.5, 0.6) is 0 Å². The van der Waals surface area contributed by atoms with Crippen LogP contribution in [0.1, 0.15) is 6.92 Å². The molecule has 1 aromatic rings. The molecule has 0 atom stereocenters. The van der Waals surface area contributed by atoms with Gasteiger partial charge in [0.25, 0.3) is 0 Å². The molecule has 0 bridgehead atoms. The molecule has 0 saturated carbocycles. The standard InChI is InChI=1S/C7H9BrN2/c1-6(2)4-10-5-7(8)3-9-10/h3,5H,1,4H2,2H3. The van der Waals surface area contributed by atoms with Crippen LogP contribution in [-0.4, -0.2) is 9.78 Å². The average Bonchev–Trinajstić information content (AvgIpc) is 2.13. The molecule has 0 aromatic carbocycles. The van der Waals surface area contributed by atoms with Crippen molar-refractivity contribution in [2.75, 3.05) is 0 Å². The second-order valence-electron chi connectivity index (χ2n) is 2.31. The minimum atomic E-state index is 0.797. The van der Waals surface area contributed by atoms with Crippen LogP contribution in [0.2, 0.25) is 0 Å². The van der Waals surface area contributed by atoms with Crippen LogP contribution in [0.25, 0.3) is 0 Å². The summed E-state index contributed by atoms with van der Waals surface area (Å²) in [4.78, 5) is 0. The lowest BCUT2D eigenvalue weighted by Crippen LogP contribution is -1.97. The number of hydrogen-bond donors (Lipinski definition) is 0. The third-order valence-electron chi connectivity index (χ3n) is 1.03. The van der Waals surface area contributed by atoms with Gasteiger partial charge < -0.3 is 0 Å². The molecule has 0 aliphatic rings. The van der Waals surface area contributed by atoms with E-state index in [1.807, 2.05) is 17.8 Å². The molecule has 1 aromatic heterocycles. The molecule has 1 rings (SSSR count). The summed E-state index contributed by atoms with van der Waals surface area (Å²) < 4.78 is 2.85. The number of halogens is 1. The Bertz CT molecular complexity index is 240. The zero-order valence-corrected chi connectivity index (χ0v) is 7.43. The van der Waals surface area contributed by atoms with Gasteiger partial charge in [-0.1, -0.05) is 12.2 Å². The van der Waals surface area contributed by atoms with E-state index >= 15 is 0 Å². The van der Waals surface area contributed by atoms with E-state index in [9.17, 15) is 0 Å². The van der Waals surface area contributed by atoms with Gasteiger partial charge in [0.15, 0.2) is 0 Å². The number of rotatable bonds is 2. The molecule has 0 amide bonds. The Balaban J connectivity index is 2.67. The van der Waals surface area contributed by atoms with Crippen molar-refractivity contribution in [3.05, 3.63) is 29.0 Å². The lowest BCUT2D eigenvalue weighted by molar-refractivity contribution is 0.678. The Labute approximate surface area is 68.7 Å². The monoisotopic (exact) mass is 200 g/mol. The van der Waals surface area contributed by atoms with Gasteiger partial charge in [-0.15, -0.1) is 0 Å². The lowest BCUT2D eigenvalue weighted by Gasteiger charge is -1.97. The summed E-state index contributed by atoms with van der Waals surface area (Å²) in [6.07, 6.45) is 3.69. The van der Waals surface area contributed by atoms with Crippen LogP contribution < -0.4 is 0 Å². The van der Waals surface area contributed by atoms with E-state index in [4.69, 9.17) is 0 Å². The van der Waals surface area contributed by atoms with Gasteiger partial charge in [-0.2, -0.15) is 5.10 Å². The van der Waals surface area contributed by atoms with Gasteiger partial charge >= 0.3 is 0 Å². The number of allylic oxidation sites excluding steroid dienone is 1. The summed E-state index contributed by atoms with van der Waals surface area (Å²) in [5, 5.41) is 4.06. The van der Waals surface area contributed by atoms with Crippen molar-refractivity contribution in [1.29, 1.82) is 0 Å². The zero-order chi connectivity index (χ0) is 7.56. The molecule has 0 N–H and O–H groups in total. The number of nitrogens with zero attached hydrogens (tertiary/aromatic N) is 2. The molecule has 0 aliphatic carbocycles. The van der Waals surface area contributed by atoms with Crippen LogP contribution in [-0.2, 0) is 6.54 Å². The van der Waals surface area contributed by atoms with Crippen LogP contribution in [0.4, 0.5) is 0 Å². The van der Waals surface area contributed by atoms with Crippen LogP contribution in [0.15, 0.2) is 29.0 Å². The first kappa shape index (κ1) is 7.54. The van der Waals surface area contributed by atoms with Crippen molar-refractivity contribution in [3.8, 4) is 0 Å². The van der Waals surface area contributed by atoms with Crippen molar-refractivity contribution < 1.29 is 0 Å². The molecule has 0 aliphatic heterocycles. The van der Waals surface area contributed by atoms with Gasteiger partial charge in [0.2, 0.25) is 0 Å². The molecular weight excluding hydrogens is 192 g/mol. The van der Waals surface area contributed by atoms with Crippen molar-refractivity contribution in [3.63, 3.8) is 0 Å². The van der Waals surface area contributed by atoms with Crippen LogP contribution in [0.3, 0.4) is 0 Å². The highest BCUT2D eigenvalue weighted by Crippen LogP contribution is 2.06. The Morgan fingerprint density at radius 1 is 1.90 bits per heavy atom. The maximum atomic E-state index is 4.06. The van der Waals surface area contributed by atoms with E-state index in [-0.39, 0.29) is 0 Å². The van der Waals surface area contributed by atoms with Gasteiger partial charge in [0.05, 0.1) is 17.2 Å². The molecule has 0 fully saturated rings. The van der Waals surface area contributed by atoms with Gasteiger partial charge in [-0.3, -0.25) is 4.68 Å². The minimum Gasteiger partial charge on any atom is -0.268 e. The molecule has 0 unspecified atom stereocenters. The first-order chi connectivity index (χ1) is 4.68. The van der Waals surface area contributed by atoms with Crippen molar-refractivity contribution in [2.45, 2.75) is 13.5 Å². The summed E-state index contributed by atoms with van der Waals surface area (Å²) in [6.45, 7) is 6.56. The number of aromatic nitrogens is 2. The first-order valence-electron chi connectivity index (χ1n) is 3.01. The quantitative estimate of drug-likeness (QED) is 0.670. The maximum absolute atomic E-state index is 4.06. The molecule has 54 valence electrons. The summed E-state index contributed by atoms with van der Waals surface area (Å²) in [6, 6.07) is 0. The van der Waals surface area contributed by atoms with E-state index < -0.39 is 0 Å². The summed E-state index contributed by atoms with van der Waals surface area (Å²) in [7, 11) is 0. The Kier molecular flexibility index (Phi) is 2.27. The molecule has 1 heterocycles. The van der Waals surface area contributed by atoms with Crippen molar-refractivity contribution >= 4 is 15.9 Å². The van der Waals surface area contributed by atoms with E-state index in [2.05, 4.69) is 27.6 Å². The highest BCUT2D eigenvalue weighted by molar-refractivity contribution is 9.10. The highest BCUT2D eigenvalue weighted by Gasteiger charge is 1.92. The van der Waals surface area contributed by atoms with E-state index in [0.29, 0.717) is 0 Å². The fraction of sp³-hybridized carbons (Fsp3) is 0.286. The second-order valence-corrected chi connectivity index (χ2v) is 3.23. The fourth-order valence-electron chi connectivity index (χ4n) is 0.701. The third-order valence-corrected chi connectivity index (χ3v) is 1.44. The summed E-state index contributed by atoms with van der Waals surface area (Å²) in [5.41, 5.74) is 1.11.